The van der Waals surface area contributed by atoms with Crippen molar-refractivity contribution in [2.75, 3.05) is 13.6 Å². The molecule has 2 aromatic heterocycles. The molecule has 1 amide bonds. The Kier molecular flexibility index (Phi) is 3.99. The summed E-state index contributed by atoms with van der Waals surface area (Å²) in [7, 11) is 1.81. The first-order valence-electron chi connectivity index (χ1n) is 8.38. The number of benzene rings is 1. The predicted octanol–water partition coefficient (Wildman–Crippen LogP) is 3.13. The van der Waals surface area contributed by atoms with E-state index in [0.717, 1.165) is 28.0 Å². The molecule has 1 saturated heterocycles. The van der Waals surface area contributed by atoms with Crippen molar-refractivity contribution in [2.45, 2.75) is 26.7 Å². The van der Waals surface area contributed by atoms with Gasteiger partial charge in [0.05, 0.1) is 17.3 Å². The summed E-state index contributed by atoms with van der Waals surface area (Å²) in [5.74, 6) is 0.287. The number of hydrogen-bond acceptors (Lipinski definition) is 6. The number of phenols is 1. The maximum atomic E-state index is 11.8. The van der Waals surface area contributed by atoms with Gasteiger partial charge in [-0.05, 0) is 31.0 Å². The molecule has 1 aliphatic heterocycles. The molecular formula is C18H19N5O2S. The summed E-state index contributed by atoms with van der Waals surface area (Å²) in [4.78, 5) is 22.5. The smallest absolute Gasteiger partial charge is 0.227 e. The maximum Gasteiger partial charge on any atom is 0.227 e. The Morgan fingerprint density at radius 3 is 2.81 bits per heavy atom. The van der Waals surface area contributed by atoms with E-state index < -0.39 is 0 Å². The maximum absolute atomic E-state index is 11.8. The highest BCUT2D eigenvalue weighted by Crippen LogP contribution is 2.32. The van der Waals surface area contributed by atoms with Gasteiger partial charge < -0.3 is 10.0 Å². The number of hydrogen-bond donors (Lipinski definition) is 1. The van der Waals surface area contributed by atoms with E-state index in [2.05, 4.69) is 15.1 Å². The molecule has 0 aliphatic carbocycles. The standard InChI is InChI=1S/C18H19N5O2S/c1-10-6-11(2)16(13(24)7-10)23-9-14-17(21-23)20-18(26-14)19-12-4-5-22(3)15(25)8-12/h6-7,9,24H,4-5,8H2,1-3H3/b19-12-. The number of piperidine rings is 1. The van der Waals surface area contributed by atoms with Crippen LogP contribution in [0.3, 0.4) is 0 Å². The second-order valence-electron chi connectivity index (χ2n) is 6.63. The summed E-state index contributed by atoms with van der Waals surface area (Å²) in [6, 6.07) is 3.73. The fraction of sp³-hybridized carbons (Fsp3) is 0.333. The molecule has 0 bridgehead atoms. The number of aromatic hydroxyl groups is 1. The number of amides is 1. The summed E-state index contributed by atoms with van der Waals surface area (Å²) in [6.07, 6.45) is 2.98. The van der Waals surface area contributed by atoms with E-state index >= 15 is 0 Å². The van der Waals surface area contributed by atoms with Gasteiger partial charge in [-0.3, -0.25) is 4.79 Å². The van der Waals surface area contributed by atoms with E-state index in [0.29, 0.717) is 29.4 Å². The number of nitrogens with zero attached hydrogens (tertiary/aromatic N) is 5. The molecule has 0 radical (unpaired) electrons. The zero-order valence-corrected chi connectivity index (χ0v) is 15.7. The van der Waals surface area contributed by atoms with Crippen LogP contribution in [-0.4, -0.2) is 50.0 Å². The van der Waals surface area contributed by atoms with Crippen LogP contribution >= 0.6 is 11.3 Å². The van der Waals surface area contributed by atoms with Gasteiger partial charge in [-0.25, -0.2) is 9.67 Å². The second kappa shape index (κ2) is 6.21. The number of carbonyl (C=O) groups is 1. The number of fused-ring (bicyclic) bond motifs is 1. The highest BCUT2D eigenvalue weighted by molar-refractivity contribution is 7.21. The molecule has 8 heteroatoms. The number of aromatic nitrogens is 3. The Bertz CT molecular complexity index is 995. The van der Waals surface area contributed by atoms with Crippen molar-refractivity contribution in [3.05, 3.63) is 29.5 Å². The Morgan fingerprint density at radius 1 is 1.31 bits per heavy atom. The quantitative estimate of drug-likeness (QED) is 0.752. The summed E-state index contributed by atoms with van der Waals surface area (Å²) in [5, 5.41) is 15.4. The Labute approximate surface area is 154 Å². The van der Waals surface area contributed by atoms with Gasteiger partial charge in [0.2, 0.25) is 11.0 Å². The van der Waals surface area contributed by atoms with Crippen molar-refractivity contribution >= 4 is 38.4 Å². The molecule has 0 spiro atoms. The van der Waals surface area contributed by atoms with E-state index in [1.54, 1.807) is 15.6 Å². The van der Waals surface area contributed by atoms with Crippen LogP contribution in [0.2, 0.25) is 0 Å². The van der Waals surface area contributed by atoms with Gasteiger partial charge >= 0.3 is 0 Å². The molecule has 0 unspecified atom stereocenters. The minimum atomic E-state index is 0.0897. The van der Waals surface area contributed by atoms with Crippen LogP contribution in [0.25, 0.3) is 16.0 Å². The minimum absolute atomic E-state index is 0.0897. The summed E-state index contributed by atoms with van der Waals surface area (Å²) < 4.78 is 2.55. The number of aliphatic imine (C=N–C) groups is 1. The second-order valence-corrected chi connectivity index (χ2v) is 7.64. The van der Waals surface area contributed by atoms with Crippen molar-refractivity contribution in [1.82, 2.24) is 19.7 Å². The van der Waals surface area contributed by atoms with Crippen LogP contribution in [0.1, 0.15) is 24.0 Å². The van der Waals surface area contributed by atoms with Crippen LogP contribution in [0.4, 0.5) is 5.13 Å². The van der Waals surface area contributed by atoms with Gasteiger partial charge in [0.15, 0.2) is 5.65 Å². The van der Waals surface area contributed by atoms with Crippen molar-refractivity contribution < 1.29 is 9.90 Å². The lowest BCUT2D eigenvalue weighted by Gasteiger charge is -2.22. The fourth-order valence-electron chi connectivity index (χ4n) is 3.16. The van der Waals surface area contributed by atoms with Crippen molar-refractivity contribution in [3.8, 4) is 11.4 Å². The molecule has 0 saturated carbocycles. The van der Waals surface area contributed by atoms with Crippen LogP contribution < -0.4 is 0 Å². The SMILES string of the molecule is Cc1cc(C)c(-n2cc3sc(/N=C4/CCN(C)C(=O)C4)nc3n2)c(O)c1. The molecular weight excluding hydrogens is 350 g/mol. The number of carbonyl (C=O) groups excluding carboxylic acids is 1. The molecule has 1 aliphatic rings. The lowest BCUT2D eigenvalue weighted by molar-refractivity contribution is -0.129. The Hall–Kier alpha value is -2.74. The van der Waals surface area contributed by atoms with Gasteiger partial charge in [-0.2, -0.15) is 4.98 Å². The number of aryl methyl sites for hydroxylation is 2. The first kappa shape index (κ1) is 16.7. The third-order valence-electron chi connectivity index (χ3n) is 4.49. The van der Waals surface area contributed by atoms with Gasteiger partial charge in [0.1, 0.15) is 11.4 Å². The van der Waals surface area contributed by atoms with E-state index in [-0.39, 0.29) is 11.7 Å². The van der Waals surface area contributed by atoms with Gasteiger partial charge in [0, 0.05) is 25.7 Å². The van der Waals surface area contributed by atoms with Gasteiger partial charge in [-0.1, -0.05) is 17.4 Å². The zero-order valence-electron chi connectivity index (χ0n) is 14.9. The van der Waals surface area contributed by atoms with E-state index in [1.807, 2.05) is 33.2 Å². The number of thiazole rings is 1. The van der Waals surface area contributed by atoms with Crippen molar-refractivity contribution in [1.29, 1.82) is 0 Å². The first-order chi connectivity index (χ1) is 12.4. The topological polar surface area (TPSA) is 83.6 Å². The van der Waals surface area contributed by atoms with Gasteiger partial charge in [0.25, 0.3) is 0 Å². The van der Waals surface area contributed by atoms with Crippen molar-refractivity contribution in [2.24, 2.45) is 4.99 Å². The van der Waals surface area contributed by atoms with E-state index in [1.165, 1.54) is 11.3 Å². The molecule has 3 aromatic rings. The van der Waals surface area contributed by atoms with Crippen LogP contribution in [0, 0.1) is 13.8 Å². The van der Waals surface area contributed by atoms with Gasteiger partial charge in [-0.15, -0.1) is 5.10 Å². The zero-order chi connectivity index (χ0) is 18.4. The number of likely N-dealkylation sites (tertiary alicyclic amines) is 1. The Morgan fingerprint density at radius 2 is 2.12 bits per heavy atom. The molecule has 134 valence electrons. The first-order valence-corrected chi connectivity index (χ1v) is 9.19. The van der Waals surface area contributed by atoms with Crippen molar-refractivity contribution in [3.63, 3.8) is 0 Å². The molecule has 3 heterocycles. The molecule has 1 N–H and O–H groups in total. The molecule has 0 atom stereocenters. The molecule has 1 aromatic carbocycles. The molecule has 1 fully saturated rings. The van der Waals surface area contributed by atoms with E-state index in [4.69, 9.17) is 0 Å². The highest BCUT2D eigenvalue weighted by atomic mass is 32.1. The Balaban J connectivity index is 1.66. The lowest BCUT2D eigenvalue weighted by atomic mass is 10.1. The molecule has 26 heavy (non-hydrogen) atoms. The predicted molar refractivity (Wildman–Crippen MR) is 102 cm³/mol. The normalized spacial score (nSPS) is 16.8. The highest BCUT2D eigenvalue weighted by Gasteiger charge is 2.20. The van der Waals surface area contributed by atoms with E-state index in [9.17, 15) is 9.90 Å². The summed E-state index contributed by atoms with van der Waals surface area (Å²) in [6.45, 7) is 4.58. The number of rotatable bonds is 2. The average molecular weight is 369 g/mol. The third kappa shape index (κ3) is 2.96. The lowest BCUT2D eigenvalue weighted by Crippen LogP contribution is -2.35. The number of phenolic OH excluding ortho intramolecular Hbond substituents is 1. The van der Waals surface area contributed by atoms with Crippen LogP contribution in [0.15, 0.2) is 23.3 Å². The van der Waals surface area contributed by atoms with Crippen LogP contribution in [0.5, 0.6) is 5.75 Å². The monoisotopic (exact) mass is 369 g/mol. The fourth-order valence-corrected chi connectivity index (χ4v) is 3.99. The minimum Gasteiger partial charge on any atom is -0.506 e. The average Bonchev–Trinajstić information content (AvgIpc) is 3.08. The third-order valence-corrected chi connectivity index (χ3v) is 5.36. The summed E-state index contributed by atoms with van der Waals surface area (Å²) >= 11 is 1.43. The molecule has 4 rings (SSSR count). The summed E-state index contributed by atoms with van der Waals surface area (Å²) in [5.41, 5.74) is 4.07. The molecule has 7 nitrogen and oxygen atoms in total. The van der Waals surface area contributed by atoms with Crippen LogP contribution in [-0.2, 0) is 4.79 Å². The largest absolute Gasteiger partial charge is 0.506 e.